The molecule has 2 atom stereocenters. The number of hydrogen-bond acceptors (Lipinski definition) is 2. The minimum Gasteiger partial charge on any atom is -0.453 e. The lowest BCUT2D eigenvalue weighted by Crippen LogP contribution is -2.12. The second-order valence-corrected chi connectivity index (χ2v) is 3.47. The predicted octanol–water partition coefficient (Wildman–Crippen LogP) is 2.20. The Kier molecular flexibility index (Phi) is 2.15. The van der Waals surface area contributed by atoms with Gasteiger partial charge in [-0.15, -0.1) is 0 Å². The average molecular weight is 191 g/mol. The second kappa shape index (κ2) is 3.33. The number of nitrogens with zero attached hydrogens (tertiary/aromatic N) is 1. The van der Waals surface area contributed by atoms with Gasteiger partial charge in [-0.2, -0.15) is 0 Å². The minimum atomic E-state index is -0.244. The Balaban J connectivity index is 2.13. The summed E-state index contributed by atoms with van der Waals surface area (Å²) in [5.41, 5.74) is 1.17. The van der Waals surface area contributed by atoms with E-state index in [1.165, 1.54) is 12.7 Å². The smallest absolute Gasteiger partial charge is 0.410 e. The molecule has 1 aliphatic heterocycles. The Labute approximate surface area is 83.3 Å². The summed E-state index contributed by atoms with van der Waals surface area (Å²) < 4.78 is 4.68. The summed E-state index contributed by atoms with van der Waals surface area (Å²) in [6, 6.07) is 10.5. The molecule has 2 rings (SSSR count). The number of hydrogen-bond donors (Lipinski definition) is 0. The van der Waals surface area contributed by atoms with Crippen LogP contribution in [0.5, 0.6) is 0 Å². The zero-order valence-electron chi connectivity index (χ0n) is 8.31. The standard InChI is InChI=1S/C11H13NO2/c1-8-10(12(8)11(13)14-2)9-6-4-3-5-7-9/h3-8,10H,1-2H3. The van der Waals surface area contributed by atoms with Gasteiger partial charge >= 0.3 is 6.09 Å². The van der Waals surface area contributed by atoms with Crippen LogP contribution in [0.2, 0.25) is 0 Å². The van der Waals surface area contributed by atoms with E-state index in [-0.39, 0.29) is 18.2 Å². The molecule has 1 heterocycles. The largest absolute Gasteiger partial charge is 0.453 e. The highest BCUT2D eigenvalue weighted by molar-refractivity contribution is 5.72. The van der Waals surface area contributed by atoms with Gasteiger partial charge in [-0.1, -0.05) is 30.3 Å². The molecule has 1 aromatic rings. The van der Waals surface area contributed by atoms with Crippen LogP contribution in [0, 0.1) is 0 Å². The van der Waals surface area contributed by atoms with Crippen LogP contribution in [-0.2, 0) is 4.74 Å². The van der Waals surface area contributed by atoms with Gasteiger partial charge in [0.25, 0.3) is 0 Å². The van der Waals surface area contributed by atoms with Gasteiger partial charge in [-0.05, 0) is 12.5 Å². The van der Waals surface area contributed by atoms with Gasteiger partial charge in [0.2, 0.25) is 0 Å². The molecule has 0 spiro atoms. The molecule has 0 bridgehead atoms. The van der Waals surface area contributed by atoms with Gasteiger partial charge in [0.15, 0.2) is 0 Å². The fraction of sp³-hybridized carbons (Fsp3) is 0.364. The third kappa shape index (κ3) is 1.35. The summed E-state index contributed by atoms with van der Waals surface area (Å²) in [5.74, 6) is 0. The molecule has 74 valence electrons. The molecule has 2 unspecified atom stereocenters. The first kappa shape index (κ1) is 9.06. The topological polar surface area (TPSA) is 29.3 Å². The maximum atomic E-state index is 11.3. The van der Waals surface area contributed by atoms with Gasteiger partial charge in [0.05, 0.1) is 19.2 Å². The first-order chi connectivity index (χ1) is 6.75. The molecule has 0 N–H and O–H groups in total. The Morgan fingerprint density at radius 3 is 2.57 bits per heavy atom. The van der Waals surface area contributed by atoms with E-state index in [0.29, 0.717) is 0 Å². The molecule has 1 amide bonds. The van der Waals surface area contributed by atoms with Crippen LogP contribution in [-0.4, -0.2) is 24.1 Å². The third-order valence-electron chi connectivity index (χ3n) is 2.63. The van der Waals surface area contributed by atoms with Crippen LogP contribution in [0.3, 0.4) is 0 Å². The van der Waals surface area contributed by atoms with Crippen molar-refractivity contribution in [2.45, 2.75) is 19.0 Å². The van der Waals surface area contributed by atoms with Crippen molar-refractivity contribution in [1.82, 2.24) is 4.90 Å². The normalized spacial score (nSPS) is 24.6. The highest BCUT2D eigenvalue weighted by Crippen LogP contribution is 2.42. The minimum absolute atomic E-state index is 0.198. The van der Waals surface area contributed by atoms with Gasteiger partial charge < -0.3 is 4.74 Å². The summed E-state index contributed by atoms with van der Waals surface area (Å²) >= 11 is 0. The molecule has 1 fully saturated rings. The number of methoxy groups -OCH3 is 1. The van der Waals surface area contributed by atoms with Crippen molar-refractivity contribution in [1.29, 1.82) is 0 Å². The van der Waals surface area contributed by atoms with Crippen molar-refractivity contribution in [2.24, 2.45) is 0 Å². The fourth-order valence-corrected chi connectivity index (χ4v) is 1.82. The Hall–Kier alpha value is -1.51. The van der Waals surface area contributed by atoms with Crippen LogP contribution in [0.4, 0.5) is 4.79 Å². The van der Waals surface area contributed by atoms with Crippen molar-refractivity contribution in [3.05, 3.63) is 35.9 Å². The molecule has 0 radical (unpaired) electrons. The van der Waals surface area contributed by atoms with E-state index in [2.05, 4.69) is 4.74 Å². The number of ether oxygens (including phenoxy) is 1. The van der Waals surface area contributed by atoms with Crippen LogP contribution < -0.4 is 0 Å². The van der Waals surface area contributed by atoms with E-state index in [1.54, 1.807) is 4.90 Å². The molecule has 14 heavy (non-hydrogen) atoms. The molecule has 1 aliphatic rings. The van der Waals surface area contributed by atoms with Crippen molar-refractivity contribution in [3.8, 4) is 0 Å². The molecule has 0 aliphatic carbocycles. The van der Waals surface area contributed by atoms with Crippen molar-refractivity contribution in [2.75, 3.05) is 7.11 Å². The lowest BCUT2D eigenvalue weighted by molar-refractivity contribution is 0.151. The lowest BCUT2D eigenvalue weighted by atomic mass is 10.1. The first-order valence-electron chi connectivity index (χ1n) is 4.67. The number of amides is 1. The zero-order valence-corrected chi connectivity index (χ0v) is 8.31. The van der Waals surface area contributed by atoms with E-state index in [0.717, 1.165) is 0 Å². The van der Waals surface area contributed by atoms with Gasteiger partial charge in [0.1, 0.15) is 0 Å². The van der Waals surface area contributed by atoms with Crippen LogP contribution in [0.1, 0.15) is 18.5 Å². The van der Waals surface area contributed by atoms with Crippen LogP contribution in [0.25, 0.3) is 0 Å². The summed E-state index contributed by atoms with van der Waals surface area (Å²) in [4.78, 5) is 13.0. The molecule has 1 saturated heterocycles. The van der Waals surface area contributed by atoms with E-state index in [4.69, 9.17) is 0 Å². The molecule has 3 heteroatoms. The predicted molar refractivity (Wildman–Crippen MR) is 52.9 cm³/mol. The molecule has 0 saturated carbocycles. The number of rotatable bonds is 1. The van der Waals surface area contributed by atoms with E-state index in [1.807, 2.05) is 37.3 Å². The Morgan fingerprint density at radius 1 is 1.36 bits per heavy atom. The van der Waals surface area contributed by atoms with E-state index >= 15 is 0 Å². The summed E-state index contributed by atoms with van der Waals surface area (Å²) in [7, 11) is 1.41. The fourth-order valence-electron chi connectivity index (χ4n) is 1.82. The van der Waals surface area contributed by atoms with E-state index < -0.39 is 0 Å². The Bertz CT molecular complexity index is 336. The maximum Gasteiger partial charge on any atom is 0.410 e. The first-order valence-corrected chi connectivity index (χ1v) is 4.67. The van der Waals surface area contributed by atoms with Crippen molar-refractivity contribution in [3.63, 3.8) is 0 Å². The van der Waals surface area contributed by atoms with Gasteiger partial charge in [0, 0.05) is 0 Å². The van der Waals surface area contributed by atoms with Crippen molar-refractivity contribution >= 4 is 6.09 Å². The number of carbonyl (C=O) groups is 1. The van der Waals surface area contributed by atoms with Crippen LogP contribution in [0.15, 0.2) is 30.3 Å². The quantitative estimate of drug-likeness (QED) is 0.637. The average Bonchev–Trinajstić information content (AvgIpc) is 2.90. The SMILES string of the molecule is COC(=O)N1C(C)C1c1ccccc1. The summed E-state index contributed by atoms with van der Waals surface area (Å²) in [5, 5.41) is 0. The highest BCUT2D eigenvalue weighted by atomic mass is 16.5. The maximum absolute atomic E-state index is 11.3. The molecular formula is C11H13NO2. The van der Waals surface area contributed by atoms with E-state index in [9.17, 15) is 4.79 Å². The van der Waals surface area contributed by atoms with Crippen LogP contribution >= 0.6 is 0 Å². The Morgan fingerprint density at radius 2 is 2.00 bits per heavy atom. The molecule has 0 aromatic heterocycles. The van der Waals surface area contributed by atoms with Gasteiger partial charge in [-0.3, -0.25) is 4.90 Å². The number of carbonyl (C=O) groups excluding carboxylic acids is 1. The monoisotopic (exact) mass is 191 g/mol. The molecule has 1 aromatic carbocycles. The second-order valence-electron chi connectivity index (χ2n) is 3.47. The van der Waals surface area contributed by atoms with Crippen molar-refractivity contribution < 1.29 is 9.53 Å². The highest BCUT2D eigenvalue weighted by Gasteiger charge is 2.49. The summed E-state index contributed by atoms with van der Waals surface area (Å²) in [6.45, 7) is 2.02. The summed E-state index contributed by atoms with van der Waals surface area (Å²) in [6.07, 6.45) is -0.244. The number of benzene rings is 1. The third-order valence-corrected chi connectivity index (χ3v) is 2.63. The molecular weight excluding hydrogens is 178 g/mol. The van der Waals surface area contributed by atoms with Gasteiger partial charge in [-0.25, -0.2) is 4.79 Å². The lowest BCUT2D eigenvalue weighted by Gasteiger charge is -2.01. The zero-order chi connectivity index (χ0) is 10.1. The molecule has 3 nitrogen and oxygen atoms in total.